The molecule has 24 heavy (non-hydrogen) atoms. The maximum atomic E-state index is 10.5. The fourth-order valence-corrected chi connectivity index (χ4v) is 3.17. The molecule has 1 aliphatic carbocycles. The first kappa shape index (κ1) is 19.1. The molecule has 0 saturated heterocycles. The molecule has 2 aliphatic rings. The van der Waals surface area contributed by atoms with E-state index in [2.05, 4.69) is 16.7 Å². The minimum Gasteiger partial charge on any atom is -0.468 e. The number of aliphatic hydroxyl groups excluding tert-OH is 1. The molecule has 0 aromatic carbocycles. The van der Waals surface area contributed by atoms with Crippen LogP contribution in [0.2, 0.25) is 0 Å². The lowest BCUT2D eigenvalue weighted by Crippen LogP contribution is -2.56. The average Bonchev–Trinajstić information content (AvgIpc) is 2.56. The first-order valence-electron chi connectivity index (χ1n) is 8.69. The van der Waals surface area contributed by atoms with Crippen LogP contribution in [0.25, 0.3) is 0 Å². The van der Waals surface area contributed by atoms with Gasteiger partial charge in [0.1, 0.15) is 11.9 Å². The lowest BCUT2D eigenvalue weighted by molar-refractivity contribution is -0.195. The van der Waals surface area contributed by atoms with Crippen molar-refractivity contribution < 1.29 is 19.4 Å². The normalized spacial score (nSPS) is 33.5. The first-order chi connectivity index (χ1) is 11.6. The quantitative estimate of drug-likeness (QED) is 0.266. The van der Waals surface area contributed by atoms with Gasteiger partial charge in [-0.15, -0.1) is 0 Å². The van der Waals surface area contributed by atoms with E-state index < -0.39 is 18.5 Å². The Morgan fingerprint density at radius 1 is 1.46 bits per heavy atom. The predicted octanol–water partition coefficient (Wildman–Crippen LogP) is -1.07. The van der Waals surface area contributed by atoms with Gasteiger partial charge in [0.2, 0.25) is 6.41 Å². The molecule has 2 rings (SSSR count). The van der Waals surface area contributed by atoms with Gasteiger partial charge in [0.05, 0.1) is 12.6 Å². The molecule has 0 radical (unpaired) electrons. The molecule has 7 N–H and O–H groups in total. The van der Waals surface area contributed by atoms with Crippen LogP contribution in [0.4, 0.5) is 0 Å². The zero-order valence-corrected chi connectivity index (χ0v) is 14.0. The Bertz CT molecular complexity index is 409. The van der Waals surface area contributed by atoms with Crippen LogP contribution in [0.5, 0.6) is 0 Å². The summed E-state index contributed by atoms with van der Waals surface area (Å²) in [5.74, 6) is 0.850. The monoisotopic (exact) mass is 342 g/mol. The van der Waals surface area contributed by atoms with Crippen molar-refractivity contribution in [2.45, 2.75) is 62.7 Å². The summed E-state index contributed by atoms with van der Waals surface area (Å²) in [6, 6.07) is -0.450. The van der Waals surface area contributed by atoms with Crippen molar-refractivity contribution in [3.8, 4) is 0 Å². The van der Waals surface area contributed by atoms with Crippen LogP contribution in [-0.2, 0) is 14.3 Å². The summed E-state index contributed by atoms with van der Waals surface area (Å²) in [6.45, 7) is 2.15. The smallest absolute Gasteiger partial charge is 0.207 e. The number of aliphatic hydroxyl groups is 1. The summed E-state index contributed by atoms with van der Waals surface area (Å²) < 4.78 is 11.8. The largest absolute Gasteiger partial charge is 0.468 e. The molecule has 5 atom stereocenters. The van der Waals surface area contributed by atoms with Crippen LogP contribution in [0.3, 0.4) is 0 Å². The van der Waals surface area contributed by atoms with Gasteiger partial charge in [0, 0.05) is 18.5 Å². The SMILES string of the molecule is NCCCNCC1=CCC[C@@H](O[C@@H]2C(N)CC(NC=O)CC2O)O1. The highest BCUT2D eigenvalue weighted by Crippen LogP contribution is 2.26. The molecule has 1 aliphatic heterocycles. The van der Waals surface area contributed by atoms with Crippen molar-refractivity contribution >= 4 is 6.41 Å². The number of hydrogen-bond donors (Lipinski definition) is 5. The highest BCUT2D eigenvalue weighted by atomic mass is 16.7. The van der Waals surface area contributed by atoms with E-state index in [1.165, 1.54) is 0 Å². The number of hydrogen-bond acceptors (Lipinski definition) is 7. The van der Waals surface area contributed by atoms with Gasteiger partial charge in [-0.25, -0.2) is 0 Å². The Kier molecular flexibility index (Phi) is 7.93. The van der Waals surface area contributed by atoms with Crippen molar-refractivity contribution in [1.29, 1.82) is 0 Å². The predicted molar refractivity (Wildman–Crippen MR) is 89.8 cm³/mol. The molecule has 1 fully saturated rings. The number of nitrogens with one attached hydrogen (secondary N) is 2. The van der Waals surface area contributed by atoms with Crippen molar-refractivity contribution in [1.82, 2.24) is 10.6 Å². The Labute approximate surface area is 142 Å². The van der Waals surface area contributed by atoms with Crippen LogP contribution in [0.1, 0.15) is 32.1 Å². The van der Waals surface area contributed by atoms with Gasteiger partial charge in [-0.1, -0.05) is 0 Å². The summed E-state index contributed by atoms with van der Waals surface area (Å²) in [5.41, 5.74) is 11.6. The number of allylic oxidation sites excluding steroid dienone is 1. The van der Waals surface area contributed by atoms with E-state index in [0.29, 0.717) is 32.3 Å². The van der Waals surface area contributed by atoms with E-state index >= 15 is 0 Å². The van der Waals surface area contributed by atoms with E-state index in [4.69, 9.17) is 20.9 Å². The maximum Gasteiger partial charge on any atom is 0.207 e. The highest BCUT2D eigenvalue weighted by molar-refractivity contribution is 5.46. The van der Waals surface area contributed by atoms with E-state index in [0.717, 1.165) is 31.6 Å². The molecule has 0 spiro atoms. The standard InChI is InChI=1S/C16H30N4O4/c17-5-2-6-19-9-12-3-1-4-15(23-12)24-16-13(18)7-11(20-10-21)8-14(16)22/h3,10-11,13-16,19,22H,1-2,4-9,17-18H2,(H,20,21)/t11?,13?,14?,15-,16-/m1/s1. The lowest BCUT2D eigenvalue weighted by atomic mass is 9.86. The molecule has 1 saturated carbocycles. The maximum absolute atomic E-state index is 10.5. The summed E-state index contributed by atoms with van der Waals surface area (Å²) in [6.07, 6.45) is 4.64. The fourth-order valence-electron chi connectivity index (χ4n) is 3.17. The number of carbonyl (C=O) groups excluding carboxylic acids is 1. The Balaban J connectivity index is 1.78. The van der Waals surface area contributed by atoms with Crippen LogP contribution < -0.4 is 22.1 Å². The van der Waals surface area contributed by atoms with Crippen LogP contribution >= 0.6 is 0 Å². The van der Waals surface area contributed by atoms with Gasteiger partial charge in [0.15, 0.2) is 6.29 Å². The summed E-state index contributed by atoms with van der Waals surface area (Å²) in [4.78, 5) is 10.5. The number of ether oxygens (including phenoxy) is 2. The Hall–Kier alpha value is -1.19. The second kappa shape index (κ2) is 9.95. The molecule has 138 valence electrons. The fraction of sp³-hybridized carbons (Fsp3) is 0.812. The number of carbonyl (C=O) groups is 1. The molecule has 1 amide bonds. The van der Waals surface area contributed by atoms with Crippen molar-refractivity contribution in [2.24, 2.45) is 11.5 Å². The third-order valence-corrected chi connectivity index (χ3v) is 4.41. The molecular formula is C16H30N4O4. The number of nitrogens with two attached hydrogens (primary N) is 2. The lowest BCUT2D eigenvalue weighted by Gasteiger charge is -2.39. The molecule has 8 heteroatoms. The zero-order valence-electron chi connectivity index (χ0n) is 14.0. The van der Waals surface area contributed by atoms with Gasteiger partial charge < -0.3 is 36.7 Å². The highest BCUT2D eigenvalue weighted by Gasteiger charge is 2.38. The molecule has 8 nitrogen and oxygen atoms in total. The van der Waals surface area contributed by atoms with E-state index in [1.54, 1.807) is 0 Å². The van der Waals surface area contributed by atoms with Gasteiger partial charge in [-0.05, 0) is 44.8 Å². The van der Waals surface area contributed by atoms with E-state index in [9.17, 15) is 9.90 Å². The molecular weight excluding hydrogens is 312 g/mol. The molecule has 3 unspecified atom stereocenters. The van der Waals surface area contributed by atoms with Gasteiger partial charge in [-0.2, -0.15) is 0 Å². The van der Waals surface area contributed by atoms with Crippen LogP contribution in [-0.4, -0.2) is 61.7 Å². The van der Waals surface area contributed by atoms with Gasteiger partial charge in [0.25, 0.3) is 0 Å². The van der Waals surface area contributed by atoms with Crippen LogP contribution in [0.15, 0.2) is 11.8 Å². The molecule has 0 bridgehead atoms. The summed E-state index contributed by atoms with van der Waals surface area (Å²) in [5, 5.41) is 16.2. The Morgan fingerprint density at radius 3 is 3.00 bits per heavy atom. The summed E-state index contributed by atoms with van der Waals surface area (Å²) >= 11 is 0. The third kappa shape index (κ3) is 5.71. The van der Waals surface area contributed by atoms with Gasteiger partial charge in [-0.3, -0.25) is 4.79 Å². The number of rotatable bonds is 9. The van der Waals surface area contributed by atoms with Crippen molar-refractivity contribution in [2.75, 3.05) is 19.6 Å². The van der Waals surface area contributed by atoms with Crippen molar-refractivity contribution in [3.63, 3.8) is 0 Å². The van der Waals surface area contributed by atoms with E-state index in [1.807, 2.05) is 0 Å². The second-order valence-electron chi connectivity index (χ2n) is 6.40. The Morgan fingerprint density at radius 2 is 2.29 bits per heavy atom. The minimum absolute atomic E-state index is 0.109. The molecule has 1 heterocycles. The second-order valence-corrected chi connectivity index (χ2v) is 6.40. The topological polar surface area (TPSA) is 132 Å². The molecule has 0 aromatic heterocycles. The number of amides is 1. The zero-order chi connectivity index (χ0) is 17.4. The summed E-state index contributed by atoms with van der Waals surface area (Å²) in [7, 11) is 0. The van der Waals surface area contributed by atoms with Crippen molar-refractivity contribution in [3.05, 3.63) is 11.8 Å². The van der Waals surface area contributed by atoms with Crippen LogP contribution in [0, 0.1) is 0 Å². The minimum atomic E-state index is -0.716. The van der Waals surface area contributed by atoms with E-state index in [-0.39, 0.29) is 12.1 Å². The van der Waals surface area contributed by atoms with Gasteiger partial charge >= 0.3 is 0 Å². The third-order valence-electron chi connectivity index (χ3n) is 4.41. The first-order valence-corrected chi connectivity index (χ1v) is 8.69. The molecule has 0 aromatic rings. The average molecular weight is 342 g/mol.